The Morgan fingerprint density at radius 3 is 2.52 bits per heavy atom. The zero-order chi connectivity index (χ0) is 16.7. The molecule has 2 rings (SSSR count). The number of aromatic nitrogens is 1. The van der Waals surface area contributed by atoms with E-state index in [0.717, 1.165) is 6.08 Å². The van der Waals surface area contributed by atoms with Crippen LogP contribution in [0, 0.1) is 10.1 Å². The Hall–Kier alpha value is -3.55. The van der Waals surface area contributed by atoms with E-state index < -0.39 is 16.7 Å². The molecule has 0 aliphatic heterocycles. The van der Waals surface area contributed by atoms with Gasteiger partial charge in [0.1, 0.15) is 5.69 Å². The topological polar surface area (TPSA) is 114 Å². The molecule has 23 heavy (non-hydrogen) atoms. The van der Waals surface area contributed by atoms with Crippen LogP contribution in [-0.2, 0) is 4.79 Å². The number of carbonyl (C=O) groups is 2. The number of hydrazine groups is 1. The van der Waals surface area contributed by atoms with Crippen LogP contribution in [0.5, 0.6) is 0 Å². The minimum atomic E-state index is -0.632. The quantitative estimate of drug-likeness (QED) is 0.504. The number of benzene rings is 1. The number of para-hydroxylation sites is 1. The van der Waals surface area contributed by atoms with Crippen molar-refractivity contribution in [1.29, 1.82) is 0 Å². The molecule has 2 amide bonds. The molecule has 2 N–H and O–H groups in total. The molecule has 8 heteroatoms. The van der Waals surface area contributed by atoms with Gasteiger partial charge in [0.2, 0.25) is 0 Å². The van der Waals surface area contributed by atoms with Crippen LogP contribution in [-0.4, -0.2) is 21.7 Å². The third-order valence-corrected chi connectivity index (χ3v) is 2.74. The second-order valence-corrected chi connectivity index (χ2v) is 4.31. The molecular formula is C15H12N4O4. The predicted molar refractivity (Wildman–Crippen MR) is 82.0 cm³/mol. The smallest absolute Gasteiger partial charge is 0.268 e. The molecule has 1 aromatic carbocycles. The first-order valence-electron chi connectivity index (χ1n) is 6.51. The summed E-state index contributed by atoms with van der Waals surface area (Å²) in [6.45, 7) is 0. The first kappa shape index (κ1) is 15.8. The fraction of sp³-hybridized carbons (Fsp3) is 0. The Balaban J connectivity index is 1.95. The van der Waals surface area contributed by atoms with Gasteiger partial charge in [0.25, 0.3) is 17.5 Å². The van der Waals surface area contributed by atoms with E-state index in [1.54, 1.807) is 18.2 Å². The summed E-state index contributed by atoms with van der Waals surface area (Å²) in [7, 11) is 0. The molecule has 0 fully saturated rings. The number of carbonyl (C=O) groups excluding carboxylic acids is 2. The van der Waals surface area contributed by atoms with Crippen LogP contribution in [0.25, 0.3) is 6.08 Å². The maximum Gasteiger partial charge on any atom is 0.288 e. The van der Waals surface area contributed by atoms with E-state index in [1.165, 1.54) is 36.5 Å². The molecule has 8 nitrogen and oxygen atoms in total. The maximum absolute atomic E-state index is 11.7. The van der Waals surface area contributed by atoms with Crippen molar-refractivity contribution in [2.45, 2.75) is 0 Å². The summed E-state index contributed by atoms with van der Waals surface area (Å²) < 4.78 is 0. The number of rotatable bonds is 4. The van der Waals surface area contributed by atoms with E-state index in [4.69, 9.17) is 0 Å². The Labute approximate surface area is 131 Å². The normalized spacial score (nSPS) is 10.3. The summed E-state index contributed by atoms with van der Waals surface area (Å²) in [5.74, 6) is -1.20. The molecule has 0 atom stereocenters. The summed E-state index contributed by atoms with van der Waals surface area (Å²) in [4.78, 5) is 37.4. The molecule has 0 spiro atoms. The SMILES string of the molecule is O=C(/C=C/c1ccccc1[N+](=O)[O-])NNC(=O)c1ccccn1. The Morgan fingerprint density at radius 2 is 1.83 bits per heavy atom. The number of nitrogens with one attached hydrogen (secondary N) is 2. The third kappa shape index (κ3) is 4.46. The lowest BCUT2D eigenvalue weighted by Gasteiger charge is -2.04. The van der Waals surface area contributed by atoms with Crippen LogP contribution in [0.3, 0.4) is 0 Å². The number of hydrogen-bond acceptors (Lipinski definition) is 5. The molecule has 0 aliphatic rings. The molecule has 0 saturated heterocycles. The van der Waals surface area contributed by atoms with Crippen molar-refractivity contribution in [2.24, 2.45) is 0 Å². The molecule has 0 unspecified atom stereocenters. The lowest BCUT2D eigenvalue weighted by atomic mass is 10.1. The second-order valence-electron chi connectivity index (χ2n) is 4.31. The van der Waals surface area contributed by atoms with E-state index in [1.807, 2.05) is 0 Å². The highest BCUT2D eigenvalue weighted by molar-refractivity contribution is 5.97. The average Bonchev–Trinajstić information content (AvgIpc) is 2.58. The highest BCUT2D eigenvalue weighted by Crippen LogP contribution is 2.18. The van der Waals surface area contributed by atoms with Crippen molar-refractivity contribution in [3.63, 3.8) is 0 Å². The number of amides is 2. The van der Waals surface area contributed by atoms with Gasteiger partial charge in [-0.25, -0.2) is 0 Å². The number of pyridine rings is 1. The third-order valence-electron chi connectivity index (χ3n) is 2.74. The van der Waals surface area contributed by atoms with Crippen LogP contribution in [0.15, 0.2) is 54.7 Å². The molecule has 0 saturated carbocycles. The summed E-state index contributed by atoms with van der Waals surface area (Å²) in [5.41, 5.74) is 4.66. The number of nitro groups is 1. The summed E-state index contributed by atoms with van der Waals surface area (Å²) >= 11 is 0. The van der Waals surface area contributed by atoms with Crippen LogP contribution in [0.1, 0.15) is 16.1 Å². The fourth-order valence-electron chi connectivity index (χ4n) is 1.68. The number of nitro benzene ring substituents is 1. The monoisotopic (exact) mass is 312 g/mol. The molecule has 116 valence electrons. The van der Waals surface area contributed by atoms with Gasteiger partial charge in [-0.1, -0.05) is 18.2 Å². The van der Waals surface area contributed by atoms with Gasteiger partial charge in [0.05, 0.1) is 10.5 Å². The highest BCUT2D eigenvalue weighted by Gasteiger charge is 2.10. The van der Waals surface area contributed by atoms with E-state index in [2.05, 4.69) is 15.8 Å². The van der Waals surface area contributed by atoms with Crippen LogP contribution in [0.4, 0.5) is 5.69 Å². The zero-order valence-corrected chi connectivity index (χ0v) is 11.8. The first-order valence-corrected chi connectivity index (χ1v) is 6.51. The van der Waals surface area contributed by atoms with Crippen molar-refractivity contribution in [3.05, 3.63) is 76.1 Å². The largest absolute Gasteiger partial charge is 0.288 e. The second kappa shape index (κ2) is 7.46. The van der Waals surface area contributed by atoms with Gasteiger partial charge >= 0.3 is 0 Å². The van der Waals surface area contributed by atoms with Gasteiger partial charge in [-0.3, -0.25) is 35.5 Å². The van der Waals surface area contributed by atoms with Gasteiger partial charge in [-0.15, -0.1) is 0 Å². The summed E-state index contributed by atoms with van der Waals surface area (Å²) in [5, 5.41) is 10.8. The van der Waals surface area contributed by atoms with Crippen LogP contribution < -0.4 is 10.9 Å². The van der Waals surface area contributed by atoms with E-state index >= 15 is 0 Å². The minimum absolute atomic E-state index is 0.117. The van der Waals surface area contributed by atoms with Crippen molar-refractivity contribution in [3.8, 4) is 0 Å². The first-order chi connectivity index (χ1) is 11.1. The van der Waals surface area contributed by atoms with Crippen LogP contribution in [0.2, 0.25) is 0 Å². The molecular weight excluding hydrogens is 300 g/mol. The zero-order valence-electron chi connectivity index (χ0n) is 11.8. The van der Waals surface area contributed by atoms with Gasteiger partial charge in [0, 0.05) is 18.3 Å². The van der Waals surface area contributed by atoms with Crippen molar-refractivity contribution in [1.82, 2.24) is 15.8 Å². The predicted octanol–water partition coefficient (Wildman–Crippen LogP) is 1.46. The molecule has 0 radical (unpaired) electrons. The molecule has 0 bridgehead atoms. The Morgan fingerprint density at radius 1 is 1.09 bits per heavy atom. The van der Waals surface area contributed by atoms with Gasteiger partial charge in [0.15, 0.2) is 0 Å². The van der Waals surface area contributed by atoms with Crippen molar-refractivity contribution >= 4 is 23.6 Å². The lowest BCUT2D eigenvalue weighted by molar-refractivity contribution is -0.385. The highest BCUT2D eigenvalue weighted by atomic mass is 16.6. The van der Waals surface area contributed by atoms with Crippen LogP contribution >= 0.6 is 0 Å². The van der Waals surface area contributed by atoms with Gasteiger partial charge in [-0.05, 0) is 24.3 Å². The maximum atomic E-state index is 11.7. The minimum Gasteiger partial charge on any atom is -0.268 e. The summed E-state index contributed by atoms with van der Waals surface area (Å²) in [6, 6.07) is 10.8. The summed E-state index contributed by atoms with van der Waals surface area (Å²) in [6.07, 6.45) is 3.83. The molecule has 1 heterocycles. The lowest BCUT2D eigenvalue weighted by Crippen LogP contribution is -2.41. The number of nitrogens with zero attached hydrogens (tertiary/aromatic N) is 2. The molecule has 0 aliphatic carbocycles. The molecule has 2 aromatic rings. The van der Waals surface area contributed by atoms with Crippen molar-refractivity contribution < 1.29 is 14.5 Å². The number of hydrogen-bond donors (Lipinski definition) is 2. The molecule has 1 aromatic heterocycles. The van der Waals surface area contributed by atoms with E-state index in [-0.39, 0.29) is 16.9 Å². The van der Waals surface area contributed by atoms with Crippen molar-refractivity contribution in [2.75, 3.05) is 0 Å². The van der Waals surface area contributed by atoms with E-state index in [9.17, 15) is 19.7 Å². The fourth-order valence-corrected chi connectivity index (χ4v) is 1.68. The Bertz CT molecular complexity index is 759. The average molecular weight is 312 g/mol. The van der Waals surface area contributed by atoms with E-state index in [0.29, 0.717) is 0 Å². The van der Waals surface area contributed by atoms with Gasteiger partial charge in [-0.2, -0.15) is 0 Å². The standard InChI is InChI=1S/C15H12N4O4/c20-14(17-18-15(21)12-6-3-4-10-16-12)9-8-11-5-1-2-7-13(11)19(22)23/h1-10H,(H,17,20)(H,18,21)/b9-8+. The Kier molecular flexibility index (Phi) is 5.13. The van der Waals surface area contributed by atoms with Gasteiger partial charge < -0.3 is 0 Å².